The van der Waals surface area contributed by atoms with E-state index in [1.807, 2.05) is 0 Å². The number of nitrogens with one attached hydrogen (secondary N) is 1. The summed E-state index contributed by atoms with van der Waals surface area (Å²) in [5, 5.41) is 9.56. The lowest BCUT2D eigenvalue weighted by atomic mass is 10.0. The van der Waals surface area contributed by atoms with Gasteiger partial charge >= 0.3 is 0 Å². The lowest BCUT2D eigenvalue weighted by molar-refractivity contribution is 0.165. The van der Waals surface area contributed by atoms with Gasteiger partial charge in [-0.05, 0) is 65.0 Å². The topological polar surface area (TPSA) is 86.3 Å². The highest BCUT2D eigenvalue weighted by atomic mass is 79.9. The molecule has 1 aromatic heterocycles. The molecule has 0 bridgehead atoms. The van der Waals surface area contributed by atoms with Crippen LogP contribution in [0.2, 0.25) is 5.02 Å². The molecule has 1 saturated heterocycles. The Hall–Kier alpha value is -1.78. The first-order valence-corrected chi connectivity index (χ1v) is 12.3. The number of imidazole rings is 1. The van der Waals surface area contributed by atoms with Gasteiger partial charge in [0.25, 0.3) is 0 Å². The number of sulfonamides is 1. The van der Waals surface area contributed by atoms with E-state index < -0.39 is 15.8 Å². The average molecular weight is 529 g/mol. The molecule has 0 unspecified atom stereocenters. The first kappa shape index (κ1) is 22.4. The van der Waals surface area contributed by atoms with E-state index in [4.69, 9.17) is 11.6 Å². The molecule has 0 amide bonds. The van der Waals surface area contributed by atoms with Gasteiger partial charge in [0.1, 0.15) is 16.5 Å². The van der Waals surface area contributed by atoms with E-state index in [1.165, 1.54) is 22.5 Å². The zero-order valence-electron chi connectivity index (χ0n) is 16.4. The number of aromatic nitrogens is 2. The maximum Gasteiger partial charge on any atom is 0.244 e. The molecule has 164 valence electrons. The number of piperidine rings is 1. The van der Waals surface area contributed by atoms with Gasteiger partial charge in [-0.3, -0.25) is 0 Å². The Morgan fingerprint density at radius 3 is 2.77 bits per heavy atom. The quantitative estimate of drug-likeness (QED) is 0.503. The van der Waals surface area contributed by atoms with E-state index in [-0.39, 0.29) is 29.0 Å². The van der Waals surface area contributed by atoms with Crippen molar-refractivity contribution in [3.8, 4) is 22.6 Å². The van der Waals surface area contributed by atoms with Gasteiger partial charge in [-0.1, -0.05) is 17.7 Å². The van der Waals surface area contributed by atoms with E-state index in [2.05, 4.69) is 25.9 Å². The fourth-order valence-electron chi connectivity index (χ4n) is 3.66. The number of rotatable bonds is 5. The minimum Gasteiger partial charge on any atom is -0.396 e. The molecule has 0 aliphatic carbocycles. The first-order valence-electron chi connectivity index (χ1n) is 9.71. The summed E-state index contributed by atoms with van der Waals surface area (Å²) in [6.45, 7) is 0.602. The van der Waals surface area contributed by atoms with E-state index in [0.717, 1.165) is 6.42 Å². The number of nitrogens with zero attached hydrogens (tertiary/aromatic N) is 2. The molecule has 2 heterocycles. The van der Waals surface area contributed by atoms with E-state index >= 15 is 0 Å². The summed E-state index contributed by atoms with van der Waals surface area (Å²) in [5.41, 5.74) is 1.76. The monoisotopic (exact) mass is 527 g/mol. The summed E-state index contributed by atoms with van der Waals surface area (Å²) >= 11 is 9.39. The van der Waals surface area contributed by atoms with Crippen LogP contribution in [0.4, 0.5) is 4.39 Å². The first-order chi connectivity index (χ1) is 14.8. The molecular weight excluding hydrogens is 509 g/mol. The fraction of sp³-hybridized carbons (Fsp3) is 0.286. The lowest BCUT2D eigenvalue weighted by Crippen LogP contribution is -2.41. The molecule has 3 aromatic rings. The van der Waals surface area contributed by atoms with Crippen molar-refractivity contribution in [1.82, 2.24) is 14.3 Å². The number of hydrogen-bond acceptors (Lipinski definition) is 4. The molecule has 10 heteroatoms. The Kier molecular flexibility index (Phi) is 6.50. The summed E-state index contributed by atoms with van der Waals surface area (Å²) in [7, 11) is -3.83. The van der Waals surface area contributed by atoms with E-state index in [1.54, 1.807) is 24.4 Å². The number of aliphatic hydroxyl groups is 1. The van der Waals surface area contributed by atoms with Gasteiger partial charge in [0.05, 0.1) is 21.4 Å². The molecule has 2 aromatic carbocycles. The zero-order chi connectivity index (χ0) is 22.2. The van der Waals surface area contributed by atoms with Crippen molar-refractivity contribution in [3.05, 3.63) is 57.9 Å². The summed E-state index contributed by atoms with van der Waals surface area (Å²) < 4.78 is 42.1. The normalized spacial score (nSPS) is 17.7. The van der Waals surface area contributed by atoms with Crippen molar-refractivity contribution in [3.63, 3.8) is 0 Å². The minimum atomic E-state index is -3.83. The van der Waals surface area contributed by atoms with Crippen LogP contribution in [-0.4, -0.2) is 47.5 Å². The molecule has 4 rings (SSSR count). The smallest absolute Gasteiger partial charge is 0.244 e. The van der Waals surface area contributed by atoms with Crippen LogP contribution in [0.3, 0.4) is 0 Å². The molecule has 1 aliphatic heterocycles. The number of aliphatic hydroxyl groups excluding tert-OH is 1. The molecule has 1 aliphatic rings. The van der Waals surface area contributed by atoms with Crippen molar-refractivity contribution in [2.75, 3.05) is 19.7 Å². The third-order valence-corrected chi connectivity index (χ3v) is 8.36. The van der Waals surface area contributed by atoms with E-state index in [9.17, 15) is 17.9 Å². The molecular formula is C21H20BrClFN3O3S. The van der Waals surface area contributed by atoms with Crippen LogP contribution in [0.1, 0.15) is 12.8 Å². The maximum absolute atomic E-state index is 13.9. The third-order valence-electron chi connectivity index (χ3n) is 5.37. The van der Waals surface area contributed by atoms with Gasteiger partial charge in [-0.25, -0.2) is 17.8 Å². The predicted octanol–water partition coefficient (Wildman–Crippen LogP) is 4.69. The van der Waals surface area contributed by atoms with Gasteiger partial charge in [-0.15, -0.1) is 0 Å². The second-order valence-corrected chi connectivity index (χ2v) is 10.6. The van der Waals surface area contributed by atoms with Gasteiger partial charge in [0.15, 0.2) is 0 Å². The Morgan fingerprint density at radius 2 is 2.03 bits per heavy atom. The molecule has 6 nitrogen and oxygen atoms in total. The summed E-state index contributed by atoms with van der Waals surface area (Å²) in [4.78, 5) is 7.44. The second kappa shape index (κ2) is 8.99. The summed E-state index contributed by atoms with van der Waals surface area (Å²) in [5.74, 6) is -0.0287. The average Bonchev–Trinajstić information content (AvgIpc) is 3.26. The fourth-order valence-corrected chi connectivity index (χ4v) is 5.96. The Labute approximate surface area is 193 Å². The molecule has 0 saturated carbocycles. The molecule has 1 atom stereocenters. The molecule has 1 fully saturated rings. The second-order valence-electron chi connectivity index (χ2n) is 7.47. The van der Waals surface area contributed by atoms with Gasteiger partial charge in [0, 0.05) is 30.8 Å². The lowest BCUT2D eigenvalue weighted by Gasteiger charge is -2.31. The minimum absolute atomic E-state index is 0.00195. The SMILES string of the molecule is O=S(=O)(c1cc(-c2ncc(-c3ccc(Br)c(F)c3)[nH]2)ccc1Cl)N1CCC[C@H](CO)C1. The Morgan fingerprint density at radius 1 is 1.26 bits per heavy atom. The van der Waals surface area contributed by atoms with Crippen LogP contribution >= 0.6 is 27.5 Å². The predicted molar refractivity (Wildman–Crippen MR) is 121 cm³/mol. The van der Waals surface area contributed by atoms with Gasteiger partial charge < -0.3 is 10.1 Å². The standard InChI is InChI=1S/C21H20BrClFN3O3S/c22-16-5-3-14(8-18(16)24)19-10-25-21(26-19)15-4-6-17(23)20(9-15)31(29,30)27-7-1-2-13(11-27)12-28/h3-6,8-10,13,28H,1-2,7,11-12H2,(H,25,26)/t13-/m0/s1. The number of H-pyrrole nitrogens is 1. The molecule has 31 heavy (non-hydrogen) atoms. The number of benzene rings is 2. The van der Waals surface area contributed by atoms with Gasteiger partial charge in [0.2, 0.25) is 10.0 Å². The summed E-state index contributed by atoms with van der Waals surface area (Å²) in [6.07, 6.45) is 3.05. The maximum atomic E-state index is 13.9. The Bertz CT molecular complexity index is 1220. The highest BCUT2D eigenvalue weighted by molar-refractivity contribution is 9.10. The summed E-state index contributed by atoms with van der Waals surface area (Å²) in [6, 6.07) is 9.43. The molecule has 0 radical (unpaired) electrons. The van der Waals surface area contributed by atoms with Crippen LogP contribution in [0.5, 0.6) is 0 Å². The van der Waals surface area contributed by atoms with Crippen molar-refractivity contribution >= 4 is 37.6 Å². The largest absolute Gasteiger partial charge is 0.396 e. The number of hydrogen-bond donors (Lipinski definition) is 2. The van der Waals surface area contributed by atoms with Gasteiger partial charge in [-0.2, -0.15) is 4.31 Å². The number of aromatic amines is 1. The van der Waals surface area contributed by atoms with Crippen LogP contribution < -0.4 is 0 Å². The van der Waals surface area contributed by atoms with Crippen molar-refractivity contribution in [2.45, 2.75) is 17.7 Å². The number of halogens is 3. The third kappa shape index (κ3) is 4.56. The van der Waals surface area contributed by atoms with Crippen molar-refractivity contribution in [1.29, 1.82) is 0 Å². The van der Waals surface area contributed by atoms with Crippen molar-refractivity contribution < 1.29 is 17.9 Å². The zero-order valence-corrected chi connectivity index (χ0v) is 19.5. The highest BCUT2D eigenvalue weighted by Crippen LogP contribution is 2.32. The molecule has 2 N–H and O–H groups in total. The van der Waals surface area contributed by atoms with Crippen LogP contribution in [0.15, 0.2) is 52.0 Å². The highest BCUT2D eigenvalue weighted by Gasteiger charge is 2.31. The van der Waals surface area contributed by atoms with Crippen LogP contribution in [-0.2, 0) is 10.0 Å². The Balaban J connectivity index is 1.67. The molecule has 0 spiro atoms. The van der Waals surface area contributed by atoms with Crippen molar-refractivity contribution in [2.24, 2.45) is 5.92 Å². The van der Waals surface area contributed by atoms with Crippen LogP contribution in [0.25, 0.3) is 22.6 Å². The van der Waals surface area contributed by atoms with E-state index in [0.29, 0.717) is 40.1 Å². The van der Waals surface area contributed by atoms with Crippen LogP contribution in [0, 0.1) is 11.7 Å².